The number of benzene rings is 2. The average molecular weight is 456 g/mol. The van der Waals surface area contributed by atoms with Crippen LogP contribution >= 0.6 is 12.2 Å². The lowest BCUT2D eigenvalue weighted by molar-refractivity contribution is 0.0697. The van der Waals surface area contributed by atoms with Gasteiger partial charge in [-0.05, 0) is 73.2 Å². The average Bonchev–Trinajstić information content (AvgIpc) is 3.44. The summed E-state index contributed by atoms with van der Waals surface area (Å²) in [5.74, 6) is 0.454. The number of carboxylic acid groups (broad SMARTS) is 1. The van der Waals surface area contributed by atoms with Crippen LogP contribution in [0.4, 0.5) is 5.69 Å². The van der Waals surface area contributed by atoms with Crippen molar-refractivity contribution in [1.82, 2.24) is 10.3 Å². The number of hydrogen-bond acceptors (Lipinski definition) is 4. The van der Waals surface area contributed by atoms with Crippen molar-refractivity contribution < 1.29 is 14.3 Å². The number of nitrogens with one attached hydrogen (secondary N) is 1. The number of aromatic nitrogens is 1. The largest absolute Gasteiger partial charge is 0.478 e. The summed E-state index contributed by atoms with van der Waals surface area (Å²) in [4.78, 5) is 17.9. The summed E-state index contributed by atoms with van der Waals surface area (Å²) in [6.07, 6.45) is 1.77. The quantitative estimate of drug-likeness (QED) is 0.383. The monoisotopic (exact) mass is 455 g/mol. The third-order valence-electron chi connectivity index (χ3n) is 5.79. The van der Waals surface area contributed by atoms with Gasteiger partial charge in [0.25, 0.3) is 0 Å². The van der Waals surface area contributed by atoms with Gasteiger partial charge in [-0.2, -0.15) is 0 Å². The first-order valence-corrected chi connectivity index (χ1v) is 10.9. The molecular weight excluding hydrogens is 434 g/mol. The highest BCUT2D eigenvalue weighted by Gasteiger charge is 2.42. The summed E-state index contributed by atoms with van der Waals surface area (Å²) in [5, 5.41) is 13.3. The number of thiocarbonyl (C=S) groups is 1. The number of carboxylic acids is 1. The van der Waals surface area contributed by atoms with E-state index in [2.05, 4.69) is 15.2 Å². The molecule has 0 spiro atoms. The molecule has 6 nitrogen and oxygen atoms in total. The van der Waals surface area contributed by atoms with Gasteiger partial charge in [-0.3, -0.25) is 4.98 Å². The number of carbonyl (C=O) groups is 1. The predicted molar refractivity (Wildman–Crippen MR) is 130 cm³/mol. The maximum atomic E-state index is 11.3. The Morgan fingerprint density at radius 1 is 1.06 bits per heavy atom. The Morgan fingerprint density at radius 2 is 1.85 bits per heavy atom. The molecule has 1 aliphatic rings. The van der Waals surface area contributed by atoms with Crippen LogP contribution in [0.1, 0.15) is 39.5 Å². The molecule has 164 valence electrons. The van der Waals surface area contributed by atoms with Gasteiger partial charge in [-0.15, -0.1) is 0 Å². The van der Waals surface area contributed by atoms with E-state index in [0.717, 1.165) is 28.3 Å². The molecule has 0 aliphatic carbocycles. The van der Waals surface area contributed by atoms with Crippen LogP contribution in [0.3, 0.4) is 0 Å². The van der Waals surface area contributed by atoms with Gasteiger partial charge >= 0.3 is 5.97 Å². The molecule has 7 heteroatoms. The predicted octanol–water partition coefficient (Wildman–Crippen LogP) is 5.53. The van der Waals surface area contributed by atoms with Crippen molar-refractivity contribution in [2.75, 3.05) is 4.90 Å². The number of nitrogens with zero attached hydrogens (tertiary/aromatic N) is 2. The zero-order valence-electron chi connectivity index (χ0n) is 17.8. The van der Waals surface area contributed by atoms with Crippen molar-refractivity contribution in [3.63, 3.8) is 0 Å². The van der Waals surface area contributed by atoms with Gasteiger partial charge in [-0.1, -0.05) is 30.3 Å². The summed E-state index contributed by atoms with van der Waals surface area (Å²) in [7, 11) is 0. The number of hydrogen-bond donors (Lipinski definition) is 2. The van der Waals surface area contributed by atoms with Crippen molar-refractivity contribution in [2.24, 2.45) is 0 Å². The SMILES string of the molecule is Cc1cc(C(=O)O)ccc1-c1ccc(C2C(c3ccccn3)NC(=S)N2c2ccccc2)o1. The van der Waals surface area contributed by atoms with E-state index in [-0.39, 0.29) is 17.6 Å². The maximum absolute atomic E-state index is 11.3. The van der Waals surface area contributed by atoms with E-state index in [0.29, 0.717) is 10.9 Å². The first-order valence-electron chi connectivity index (χ1n) is 10.5. The fourth-order valence-electron chi connectivity index (χ4n) is 4.24. The lowest BCUT2D eigenvalue weighted by Gasteiger charge is -2.26. The Kier molecular flexibility index (Phi) is 5.40. The first-order chi connectivity index (χ1) is 16.0. The third kappa shape index (κ3) is 3.87. The lowest BCUT2D eigenvalue weighted by Crippen LogP contribution is -2.29. The summed E-state index contributed by atoms with van der Waals surface area (Å²) in [6, 6.07) is 24.2. The van der Waals surface area contributed by atoms with Gasteiger partial charge in [0.05, 0.1) is 17.3 Å². The zero-order valence-corrected chi connectivity index (χ0v) is 18.6. The van der Waals surface area contributed by atoms with Gasteiger partial charge in [0.15, 0.2) is 5.11 Å². The second-order valence-electron chi connectivity index (χ2n) is 7.87. The molecule has 2 N–H and O–H groups in total. The zero-order chi connectivity index (χ0) is 22.9. The Labute approximate surface area is 196 Å². The minimum atomic E-state index is -0.952. The molecule has 2 atom stereocenters. The molecule has 2 aromatic carbocycles. The van der Waals surface area contributed by atoms with Crippen molar-refractivity contribution >= 4 is 29.0 Å². The minimum Gasteiger partial charge on any atom is -0.478 e. The summed E-state index contributed by atoms with van der Waals surface area (Å²) in [5.41, 5.74) is 3.75. The summed E-state index contributed by atoms with van der Waals surface area (Å²) < 4.78 is 6.37. The highest BCUT2D eigenvalue weighted by Crippen LogP contribution is 2.43. The molecule has 33 heavy (non-hydrogen) atoms. The number of furan rings is 1. The molecule has 0 radical (unpaired) electrons. The molecule has 2 unspecified atom stereocenters. The van der Waals surface area contributed by atoms with Crippen molar-refractivity contribution in [3.8, 4) is 11.3 Å². The van der Waals surface area contributed by atoms with E-state index >= 15 is 0 Å². The van der Waals surface area contributed by atoms with Gasteiger partial charge in [0.2, 0.25) is 0 Å². The van der Waals surface area contributed by atoms with Crippen molar-refractivity contribution in [1.29, 1.82) is 0 Å². The number of aromatic carboxylic acids is 1. The number of rotatable bonds is 5. The number of aryl methyl sites for hydroxylation is 1. The molecule has 1 saturated heterocycles. The molecule has 0 saturated carbocycles. The molecule has 0 bridgehead atoms. The fraction of sp³-hybridized carbons (Fsp3) is 0.115. The van der Waals surface area contributed by atoms with Gasteiger partial charge < -0.3 is 19.7 Å². The van der Waals surface area contributed by atoms with E-state index < -0.39 is 5.97 Å². The van der Waals surface area contributed by atoms with Crippen LogP contribution in [-0.4, -0.2) is 21.2 Å². The van der Waals surface area contributed by atoms with Crippen LogP contribution in [0, 0.1) is 6.92 Å². The van der Waals surface area contributed by atoms with E-state index in [1.54, 1.807) is 24.4 Å². The Bertz CT molecular complexity index is 1320. The molecule has 1 fully saturated rings. The van der Waals surface area contributed by atoms with Crippen LogP contribution in [0.5, 0.6) is 0 Å². The highest BCUT2D eigenvalue weighted by atomic mass is 32.1. The number of para-hydroxylation sites is 1. The number of anilines is 1. The Balaban J connectivity index is 1.58. The smallest absolute Gasteiger partial charge is 0.335 e. The maximum Gasteiger partial charge on any atom is 0.335 e. The second-order valence-corrected chi connectivity index (χ2v) is 8.26. The molecule has 4 aromatic rings. The second kappa shape index (κ2) is 8.52. The molecule has 0 amide bonds. The topological polar surface area (TPSA) is 78.6 Å². The van der Waals surface area contributed by atoms with E-state index in [4.69, 9.17) is 16.6 Å². The van der Waals surface area contributed by atoms with Gasteiger partial charge in [0, 0.05) is 17.4 Å². The van der Waals surface area contributed by atoms with E-state index in [1.165, 1.54) is 0 Å². The number of pyridine rings is 1. The van der Waals surface area contributed by atoms with Crippen LogP contribution < -0.4 is 10.2 Å². The van der Waals surface area contributed by atoms with E-state index in [9.17, 15) is 9.90 Å². The standard InChI is InChI=1S/C26H21N3O3S/c1-16-15-17(25(30)31)10-11-19(16)21-12-13-22(32-21)24-23(20-9-5-6-14-27-20)28-26(33)29(24)18-7-3-2-4-8-18/h2-15,23-24H,1H3,(H,28,33)(H,30,31). The first kappa shape index (κ1) is 20.9. The minimum absolute atomic E-state index is 0.201. The van der Waals surface area contributed by atoms with Crippen LogP contribution in [0.25, 0.3) is 11.3 Å². The molecule has 5 rings (SSSR count). The lowest BCUT2D eigenvalue weighted by atomic mass is 10.0. The molecule has 2 aromatic heterocycles. The summed E-state index contributed by atoms with van der Waals surface area (Å²) in [6.45, 7) is 1.88. The third-order valence-corrected chi connectivity index (χ3v) is 6.10. The van der Waals surface area contributed by atoms with Crippen molar-refractivity contribution in [2.45, 2.75) is 19.0 Å². The van der Waals surface area contributed by atoms with Crippen molar-refractivity contribution in [3.05, 3.63) is 108 Å². The Morgan fingerprint density at radius 3 is 2.55 bits per heavy atom. The molecular formula is C26H21N3O3S. The Hall–Kier alpha value is -3.97. The van der Waals surface area contributed by atoms with Gasteiger partial charge in [0.1, 0.15) is 17.6 Å². The van der Waals surface area contributed by atoms with E-state index in [1.807, 2.05) is 67.6 Å². The van der Waals surface area contributed by atoms with Crippen LogP contribution in [-0.2, 0) is 0 Å². The van der Waals surface area contributed by atoms with Crippen LogP contribution in [0.15, 0.2) is 89.5 Å². The van der Waals surface area contributed by atoms with Gasteiger partial charge in [-0.25, -0.2) is 4.79 Å². The summed E-state index contributed by atoms with van der Waals surface area (Å²) >= 11 is 5.73. The van der Waals surface area contributed by atoms with Crippen LogP contribution in [0.2, 0.25) is 0 Å². The fourth-order valence-corrected chi connectivity index (χ4v) is 4.59. The molecule has 1 aliphatic heterocycles. The highest BCUT2D eigenvalue weighted by molar-refractivity contribution is 7.80. The molecule has 3 heterocycles. The normalized spacial score (nSPS) is 17.7.